The summed E-state index contributed by atoms with van der Waals surface area (Å²) < 4.78 is 0. The Morgan fingerprint density at radius 1 is 0.765 bits per heavy atom. The highest BCUT2D eigenvalue weighted by molar-refractivity contribution is 5.26. The van der Waals surface area contributed by atoms with Gasteiger partial charge in [0.1, 0.15) is 6.10 Å². The first-order valence-electron chi connectivity index (χ1n) is 5.66. The molecule has 2 radical (unpaired) electrons. The zero-order valence-corrected chi connectivity index (χ0v) is 9.45. The standard InChI is InChI=1S/C15H14O2/c16-11-14(12-7-3-1-4-8-12)15(17)13-9-5-2-6-10-13/h1-10,14-15H,11H2. The van der Waals surface area contributed by atoms with Crippen LogP contribution in [0.3, 0.4) is 0 Å². The monoisotopic (exact) mass is 226 g/mol. The first kappa shape index (κ1) is 11.8. The van der Waals surface area contributed by atoms with Crippen molar-refractivity contribution >= 4 is 0 Å². The molecule has 0 fully saturated rings. The van der Waals surface area contributed by atoms with Crippen LogP contribution in [0, 0.1) is 0 Å². The lowest BCUT2D eigenvalue weighted by Crippen LogP contribution is -2.13. The van der Waals surface area contributed by atoms with Crippen LogP contribution in [0.25, 0.3) is 0 Å². The SMILES string of the molecule is [O]CC(c1ccccc1)C([O])c1ccccc1. The average Bonchev–Trinajstić information content (AvgIpc) is 2.42. The van der Waals surface area contributed by atoms with Crippen LogP contribution in [0.5, 0.6) is 0 Å². The molecule has 2 aromatic carbocycles. The van der Waals surface area contributed by atoms with Gasteiger partial charge in [-0.2, -0.15) is 0 Å². The molecule has 0 aliphatic rings. The molecule has 0 heterocycles. The van der Waals surface area contributed by atoms with Crippen molar-refractivity contribution in [2.24, 2.45) is 0 Å². The fourth-order valence-electron chi connectivity index (χ4n) is 1.93. The molecule has 0 spiro atoms. The van der Waals surface area contributed by atoms with E-state index in [1.54, 1.807) is 12.1 Å². The molecular formula is C15H14O2. The van der Waals surface area contributed by atoms with Gasteiger partial charge < -0.3 is 0 Å². The van der Waals surface area contributed by atoms with Crippen molar-refractivity contribution in [3.05, 3.63) is 71.8 Å². The third-order valence-corrected chi connectivity index (χ3v) is 2.90. The van der Waals surface area contributed by atoms with Crippen molar-refractivity contribution in [3.8, 4) is 0 Å². The minimum Gasteiger partial charge on any atom is -0.236 e. The highest BCUT2D eigenvalue weighted by Gasteiger charge is 2.23. The Kier molecular flexibility index (Phi) is 3.91. The normalized spacial score (nSPS) is 14.2. The van der Waals surface area contributed by atoms with Gasteiger partial charge in [0, 0.05) is 5.92 Å². The van der Waals surface area contributed by atoms with Crippen LogP contribution >= 0.6 is 0 Å². The van der Waals surface area contributed by atoms with Crippen LogP contribution in [-0.4, -0.2) is 6.61 Å². The Morgan fingerprint density at radius 2 is 1.24 bits per heavy atom. The zero-order valence-electron chi connectivity index (χ0n) is 9.45. The second-order valence-electron chi connectivity index (χ2n) is 4.02. The van der Waals surface area contributed by atoms with E-state index < -0.39 is 12.0 Å². The summed E-state index contributed by atoms with van der Waals surface area (Å²) in [5.41, 5.74) is 1.50. The summed E-state index contributed by atoms with van der Waals surface area (Å²) >= 11 is 0. The predicted octanol–water partition coefficient (Wildman–Crippen LogP) is 3.37. The van der Waals surface area contributed by atoms with E-state index in [9.17, 15) is 10.2 Å². The molecule has 86 valence electrons. The second-order valence-corrected chi connectivity index (χ2v) is 4.02. The van der Waals surface area contributed by atoms with E-state index in [4.69, 9.17) is 0 Å². The van der Waals surface area contributed by atoms with E-state index in [1.807, 2.05) is 48.5 Å². The van der Waals surface area contributed by atoms with Crippen molar-refractivity contribution in [1.82, 2.24) is 0 Å². The van der Waals surface area contributed by atoms with Gasteiger partial charge >= 0.3 is 0 Å². The predicted molar refractivity (Wildman–Crippen MR) is 64.6 cm³/mol. The summed E-state index contributed by atoms with van der Waals surface area (Å²) in [5, 5.41) is 23.5. The molecule has 0 saturated carbocycles. The fraction of sp³-hybridized carbons (Fsp3) is 0.200. The van der Waals surface area contributed by atoms with Gasteiger partial charge in [-0.05, 0) is 11.1 Å². The van der Waals surface area contributed by atoms with Gasteiger partial charge in [0.2, 0.25) is 0 Å². The van der Waals surface area contributed by atoms with Gasteiger partial charge in [0.25, 0.3) is 0 Å². The molecule has 2 nitrogen and oxygen atoms in total. The molecule has 2 atom stereocenters. The Balaban J connectivity index is 2.25. The van der Waals surface area contributed by atoms with Gasteiger partial charge in [-0.3, -0.25) is 0 Å². The van der Waals surface area contributed by atoms with E-state index in [2.05, 4.69) is 0 Å². The first-order valence-corrected chi connectivity index (χ1v) is 5.66. The molecular weight excluding hydrogens is 212 g/mol. The molecule has 17 heavy (non-hydrogen) atoms. The number of rotatable bonds is 4. The Morgan fingerprint density at radius 3 is 1.71 bits per heavy atom. The van der Waals surface area contributed by atoms with Crippen molar-refractivity contribution in [2.45, 2.75) is 12.0 Å². The molecule has 0 amide bonds. The maximum absolute atomic E-state index is 12.3. The number of hydrogen-bond acceptors (Lipinski definition) is 0. The maximum Gasteiger partial charge on any atom is 0.127 e. The van der Waals surface area contributed by atoms with Gasteiger partial charge in [-0.1, -0.05) is 60.7 Å². The second kappa shape index (κ2) is 5.62. The third kappa shape index (κ3) is 2.73. The van der Waals surface area contributed by atoms with Gasteiger partial charge in [-0.25, -0.2) is 10.2 Å². The Labute approximate surface area is 101 Å². The van der Waals surface area contributed by atoms with E-state index in [1.165, 1.54) is 0 Å². The molecule has 2 rings (SSSR count). The number of hydrogen-bond donors (Lipinski definition) is 0. The molecule has 0 saturated heterocycles. The van der Waals surface area contributed by atoms with E-state index in [-0.39, 0.29) is 6.61 Å². The van der Waals surface area contributed by atoms with Crippen LogP contribution < -0.4 is 0 Å². The molecule has 0 N–H and O–H groups in total. The Hall–Kier alpha value is -1.64. The van der Waals surface area contributed by atoms with Gasteiger partial charge in [0.15, 0.2) is 0 Å². The fourth-order valence-corrected chi connectivity index (χ4v) is 1.93. The number of benzene rings is 2. The quantitative estimate of drug-likeness (QED) is 0.766. The van der Waals surface area contributed by atoms with Crippen LogP contribution in [0.2, 0.25) is 0 Å². The van der Waals surface area contributed by atoms with Gasteiger partial charge in [-0.15, -0.1) is 0 Å². The summed E-state index contributed by atoms with van der Waals surface area (Å²) in [6, 6.07) is 18.4. The lowest BCUT2D eigenvalue weighted by Gasteiger charge is -2.19. The summed E-state index contributed by atoms with van der Waals surface area (Å²) in [5.74, 6) is -0.501. The van der Waals surface area contributed by atoms with E-state index >= 15 is 0 Å². The third-order valence-electron chi connectivity index (χ3n) is 2.90. The zero-order chi connectivity index (χ0) is 12.1. The molecule has 2 unspecified atom stereocenters. The van der Waals surface area contributed by atoms with Crippen molar-refractivity contribution in [2.75, 3.05) is 6.61 Å². The van der Waals surface area contributed by atoms with Crippen molar-refractivity contribution in [3.63, 3.8) is 0 Å². The van der Waals surface area contributed by atoms with E-state index in [0.29, 0.717) is 5.56 Å². The lowest BCUT2D eigenvalue weighted by molar-refractivity contribution is 0.0274. The summed E-state index contributed by atoms with van der Waals surface area (Å²) in [4.78, 5) is 0. The molecule has 0 bridgehead atoms. The first-order chi connectivity index (χ1) is 8.33. The lowest BCUT2D eigenvalue weighted by atomic mass is 9.90. The van der Waals surface area contributed by atoms with Crippen LogP contribution in [0.1, 0.15) is 23.1 Å². The highest BCUT2D eigenvalue weighted by Crippen LogP contribution is 2.30. The van der Waals surface area contributed by atoms with Crippen LogP contribution in [0.15, 0.2) is 60.7 Å². The van der Waals surface area contributed by atoms with E-state index in [0.717, 1.165) is 5.56 Å². The highest BCUT2D eigenvalue weighted by atomic mass is 16.3. The summed E-state index contributed by atoms with van der Waals surface area (Å²) in [6.07, 6.45) is -0.990. The minimum atomic E-state index is -0.990. The van der Waals surface area contributed by atoms with Gasteiger partial charge in [0.05, 0.1) is 6.61 Å². The molecule has 0 aromatic heterocycles. The molecule has 0 aliphatic carbocycles. The summed E-state index contributed by atoms with van der Waals surface area (Å²) in [7, 11) is 0. The smallest absolute Gasteiger partial charge is 0.127 e. The average molecular weight is 226 g/mol. The topological polar surface area (TPSA) is 39.8 Å². The Bertz CT molecular complexity index is 439. The summed E-state index contributed by atoms with van der Waals surface area (Å²) in [6.45, 7) is -0.382. The minimum absolute atomic E-state index is 0.382. The van der Waals surface area contributed by atoms with Crippen molar-refractivity contribution < 1.29 is 10.2 Å². The van der Waals surface area contributed by atoms with Crippen LogP contribution in [0.4, 0.5) is 0 Å². The maximum atomic E-state index is 12.3. The molecule has 0 aliphatic heterocycles. The van der Waals surface area contributed by atoms with Crippen molar-refractivity contribution in [1.29, 1.82) is 0 Å². The molecule has 2 aromatic rings. The largest absolute Gasteiger partial charge is 0.236 e. The van der Waals surface area contributed by atoms with Crippen LogP contribution in [-0.2, 0) is 10.2 Å². The molecule has 2 heteroatoms.